The zero-order chi connectivity index (χ0) is 14.8. The molecule has 0 saturated heterocycles. The highest BCUT2D eigenvalue weighted by atomic mass is 16.1. The molecule has 0 atom stereocenters. The lowest BCUT2D eigenvalue weighted by Crippen LogP contribution is -2.17. The molecule has 0 aliphatic heterocycles. The number of hydrogen-bond donors (Lipinski definition) is 2. The van der Waals surface area contributed by atoms with Gasteiger partial charge < -0.3 is 5.73 Å². The molecule has 21 heavy (non-hydrogen) atoms. The van der Waals surface area contributed by atoms with Crippen LogP contribution in [-0.4, -0.2) is 9.78 Å². The maximum absolute atomic E-state index is 12.6. The molecule has 0 saturated carbocycles. The molecule has 0 bridgehead atoms. The number of benzene rings is 2. The van der Waals surface area contributed by atoms with Gasteiger partial charge in [0.25, 0.3) is 5.56 Å². The highest BCUT2D eigenvalue weighted by Gasteiger charge is 2.12. The predicted octanol–water partition coefficient (Wildman–Crippen LogP) is 2.65. The maximum atomic E-state index is 12.6. The Balaban J connectivity index is 2.01. The monoisotopic (exact) mass is 279 g/mol. The van der Waals surface area contributed by atoms with E-state index in [0.29, 0.717) is 12.1 Å². The molecule has 0 aliphatic carbocycles. The summed E-state index contributed by atoms with van der Waals surface area (Å²) in [5.74, 6) is 0. The first-order valence-corrected chi connectivity index (χ1v) is 6.85. The fraction of sp³-hybridized carbons (Fsp3) is 0.118. The zero-order valence-corrected chi connectivity index (χ0v) is 11.8. The minimum atomic E-state index is -0.0128. The van der Waals surface area contributed by atoms with Crippen LogP contribution in [0, 0.1) is 6.92 Å². The van der Waals surface area contributed by atoms with E-state index in [1.54, 1.807) is 16.8 Å². The summed E-state index contributed by atoms with van der Waals surface area (Å²) in [4.78, 5) is 12.6. The van der Waals surface area contributed by atoms with Crippen molar-refractivity contribution < 1.29 is 0 Å². The molecule has 2 aromatic carbocycles. The van der Waals surface area contributed by atoms with Crippen molar-refractivity contribution in [2.24, 2.45) is 0 Å². The van der Waals surface area contributed by atoms with Crippen LogP contribution in [0.2, 0.25) is 0 Å². The molecule has 0 spiro atoms. The second kappa shape index (κ2) is 5.32. The van der Waals surface area contributed by atoms with Crippen LogP contribution in [0.3, 0.4) is 0 Å². The number of aromatic nitrogens is 2. The van der Waals surface area contributed by atoms with Gasteiger partial charge in [0.05, 0.1) is 5.69 Å². The van der Waals surface area contributed by atoms with Crippen molar-refractivity contribution in [3.63, 3.8) is 0 Å². The zero-order valence-electron chi connectivity index (χ0n) is 11.8. The van der Waals surface area contributed by atoms with E-state index in [9.17, 15) is 4.79 Å². The Bertz CT molecular complexity index is 798. The molecular formula is C17H17N3O. The summed E-state index contributed by atoms with van der Waals surface area (Å²) in [5, 5.41) is 3.13. The summed E-state index contributed by atoms with van der Waals surface area (Å²) in [6.45, 7) is 1.92. The predicted molar refractivity (Wildman–Crippen MR) is 84.8 cm³/mol. The van der Waals surface area contributed by atoms with Gasteiger partial charge in [-0.15, -0.1) is 0 Å². The number of nitrogen functional groups attached to an aromatic ring is 1. The molecule has 106 valence electrons. The molecule has 0 amide bonds. The number of H-pyrrole nitrogens is 1. The van der Waals surface area contributed by atoms with Gasteiger partial charge in [0, 0.05) is 23.4 Å². The third-order valence-electron chi connectivity index (χ3n) is 3.57. The summed E-state index contributed by atoms with van der Waals surface area (Å²) in [6.07, 6.45) is 0.629. The number of hydrogen-bond acceptors (Lipinski definition) is 2. The van der Waals surface area contributed by atoms with Gasteiger partial charge in [-0.05, 0) is 36.8 Å². The lowest BCUT2D eigenvalue weighted by atomic mass is 10.1. The van der Waals surface area contributed by atoms with Crippen molar-refractivity contribution in [2.75, 3.05) is 5.73 Å². The van der Waals surface area contributed by atoms with Crippen molar-refractivity contribution in [2.45, 2.75) is 13.3 Å². The van der Waals surface area contributed by atoms with Crippen molar-refractivity contribution in [1.29, 1.82) is 0 Å². The smallest absolute Gasteiger partial charge is 0.274 e. The van der Waals surface area contributed by atoms with E-state index in [2.05, 4.69) is 5.10 Å². The van der Waals surface area contributed by atoms with E-state index in [1.165, 1.54) is 0 Å². The summed E-state index contributed by atoms with van der Waals surface area (Å²) in [6, 6.07) is 17.2. The first-order valence-electron chi connectivity index (χ1n) is 6.85. The minimum Gasteiger partial charge on any atom is -0.399 e. The van der Waals surface area contributed by atoms with Crippen LogP contribution >= 0.6 is 0 Å². The lowest BCUT2D eigenvalue weighted by molar-refractivity contribution is 0.835. The van der Waals surface area contributed by atoms with E-state index >= 15 is 0 Å². The summed E-state index contributed by atoms with van der Waals surface area (Å²) in [7, 11) is 0. The highest BCUT2D eigenvalue weighted by molar-refractivity contribution is 5.45. The van der Waals surface area contributed by atoms with Crippen LogP contribution < -0.4 is 11.3 Å². The van der Waals surface area contributed by atoms with E-state index in [0.717, 1.165) is 22.5 Å². The molecule has 4 heteroatoms. The molecule has 4 nitrogen and oxygen atoms in total. The van der Waals surface area contributed by atoms with Crippen molar-refractivity contribution in [1.82, 2.24) is 9.78 Å². The quantitative estimate of drug-likeness (QED) is 0.724. The molecule has 1 aromatic heterocycles. The number of nitrogens with zero attached hydrogens (tertiary/aromatic N) is 1. The molecule has 0 radical (unpaired) electrons. The Kier molecular flexibility index (Phi) is 3.36. The molecular weight excluding hydrogens is 262 g/mol. The van der Waals surface area contributed by atoms with Gasteiger partial charge in [-0.2, -0.15) is 0 Å². The number of nitrogens with one attached hydrogen (secondary N) is 1. The fourth-order valence-electron chi connectivity index (χ4n) is 2.39. The molecule has 3 rings (SSSR count). The van der Waals surface area contributed by atoms with Gasteiger partial charge in [-0.1, -0.05) is 30.3 Å². The van der Waals surface area contributed by atoms with E-state index in [1.807, 2.05) is 49.4 Å². The van der Waals surface area contributed by atoms with Gasteiger partial charge in [-0.3, -0.25) is 9.89 Å². The van der Waals surface area contributed by atoms with Gasteiger partial charge in [0.15, 0.2) is 0 Å². The van der Waals surface area contributed by atoms with Gasteiger partial charge in [0.1, 0.15) is 0 Å². The number of aromatic amines is 1. The highest BCUT2D eigenvalue weighted by Crippen LogP contribution is 2.13. The minimum absolute atomic E-state index is 0.0128. The lowest BCUT2D eigenvalue weighted by Gasteiger charge is -2.01. The van der Waals surface area contributed by atoms with Gasteiger partial charge >= 0.3 is 0 Å². The SMILES string of the molecule is Cc1[nH]n(-c2ccc(N)cc2)c(=O)c1Cc1ccccc1. The second-order valence-electron chi connectivity index (χ2n) is 5.11. The molecule has 0 aliphatic rings. The number of rotatable bonds is 3. The average molecular weight is 279 g/mol. The van der Waals surface area contributed by atoms with Crippen LogP contribution in [0.25, 0.3) is 5.69 Å². The standard InChI is InChI=1S/C17H17N3O/c1-12-16(11-13-5-3-2-4-6-13)17(21)20(19-12)15-9-7-14(18)8-10-15/h2-10,19H,11,18H2,1H3. The van der Waals surface area contributed by atoms with E-state index in [4.69, 9.17) is 5.73 Å². The Labute approximate surface area is 122 Å². The molecule has 3 N–H and O–H groups in total. The van der Waals surface area contributed by atoms with Crippen molar-refractivity contribution >= 4 is 5.69 Å². The summed E-state index contributed by atoms with van der Waals surface area (Å²) in [5.41, 5.74) is 9.94. The van der Waals surface area contributed by atoms with E-state index < -0.39 is 0 Å². The Morgan fingerprint density at radius 3 is 2.38 bits per heavy atom. The van der Waals surface area contributed by atoms with Crippen LogP contribution in [0.15, 0.2) is 59.4 Å². The third-order valence-corrected chi connectivity index (χ3v) is 3.57. The maximum Gasteiger partial charge on any atom is 0.274 e. The number of anilines is 1. The Morgan fingerprint density at radius 2 is 1.71 bits per heavy atom. The summed E-state index contributed by atoms with van der Waals surface area (Å²) >= 11 is 0. The molecule has 0 unspecified atom stereocenters. The fourth-order valence-corrected chi connectivity index (χ4v) is 2.39. The Hall–Kier alpha value is -2.75. The molecule has 3 aromatic rings. The topological polar surface area (TPSA) is 63.8 Å². The van der Waals surface area contributed by atoms with Crippen LogP contribution in [0.5, 0.6) is 0 Å². The summed E-state index contributed by atoms with van der Waals surface area (Å²) < 4.78 is 1.56. The van der Waals surface area contributed by atoms with Gasteiger partial charge in [-0.25, -0.2) is 4.68 Å². The number of nitrogens with two attached hydrogens (primary N) is 1. The average Bonchev–Trinajstić information content (AvgIpc) is 2.77. The normalized spacial score (nSPS) is 10.7. The van der Waals surface area contributed by atoms with Crippen LogP contribution in [-0.2, 0) is 6.42 Å². The first kappa shape index (κ1) is 13.2. The van der Waals surface area contributed by atoms with Crippen LogP contribution in [0.4, 0.5) is 5.69 Å². The van der Waals surface area contributed by atoms with Crippen LogP contribution in [0.1, 0.15) is 16.8 Å². The van der Waals surface area contributed by atoms with Crippen molar-refractivity contribution in [3.8, 4) is 5.69 Å². The number of aryl methyl sites for hydroxylation is 1. The van der Waals surface area contributed by atoms with Crippen molar-refractivity contribution in [3.05, 3.63) is 81.8 Å². The molecule has 0 fully saturated rings. The third kappa shape index (κ3) is 2.60. The second-order valence-corrected chi connectivity index (χ2v) is 5.11. The largest absolute Gasteiger partial charge is 0.399 e. The Morgan fingerprint density at radius 1 is 1.05 bits per heavy atom. The molecule has 1 heterocycles. The first-order chi connectivity index (χ1) is 10.1. The van der Waals surface area contributed by atoms with Gasteiger partial charge in [0.2, 0.25) is 0 Å². The van der Waals surface area contributed by atoms with E-state index in [-0.39, 0.29) is 5.56 Å².